The highest BCUT2D eigenvalue weighted by molar-refractivity contribution is 7.91. The molecule has 2 heterocycles. The van der Waals surface area contributed by atoms with Gasteiger partial charge in [-0.2, -0.15) is 0 Å². The smallest absolute Gasteiger partial charge is 0.234 e. The lowest BCUT2D eigenvalue weighted by Crippen LogP contribution is -2.46. The van der Waals surface area contributed by atoms with Gasteiger partial charge < -0.3 is 5.32 Å². The first-order valence-corrected chi connectivity index (χ1v) is 11.5. The van der Waals surface area contributed by atoms with Crippen LogP contribution in [0.25, 0.3) is 0 Å². The van der Waals surface area contributed by atoms with Gasteiger partial charge in [-0.3, -0.25) is 9.69 Å². The van der Waals surface area contributed by atoms with E-state index in [0.29, 0.717) is 19.0 Å². The van der Waals surface area contributed by atoms with E-state index < -0.39 is 9.84 Å². The van der Waals surface area contributed by atoms with E-state index in [2.05, 4.69) is 10.2 Å². The highest BCUT2D eigenvalue weighted by Gasteiger charge is 2.33. The van der Waals surface area contributed by atoms with E-state index in [1.807, 2.05) is 17.5 Å². The van der Waals surface area contributed by atoms with Gasteiger partial charge in [0.05, 0.1) is 18.1 Å². The fourth-order valence-corrected chi connectivity index (χ4v) is 6.18. The molecule has 5 nitrogen and oxygen atoms in total. The Hall–Kier alpha value is -0.920. The lowest BCUT2D eigenvalue weighted by molar-refractivity contribution is -0.123. The van der Waals surface area contributed by atoms with Crippen LogP contribution in [0.4, 0.5) is 0 Å². The molecule has 1 atom stereocenters. The molecule has 7 heteroatoms. The van der Waals surface area contributed by atoms with Crippen LogP contribution in [0.3, 0.4) is 0 Å². The topological polar surface area (TPSA) is 66.5 Å². The summed E-state index contributed by atoms with van der Waals surface area (Å²) in [5.74, 6) is 0.445. The van der Waals surface area contributed by atoms with Gasteiger partial charge in [0, 0.05) is 23.5 Å². The minimum absolute atomic E-state index is 0.0303. The molecule has 1 saturated carbocycles. The van der Waals surface area contributed by atoms with E-state index in [1.165, 1.54) is 24.1 Å². The molecule has 1 aliphatic heterocycles. The summed E-state index contributed by atoms with van der Waals surface area (Å²) < 4.78 is 23.7. The Kier molecular flexibility index (Phi) is 5.94. The summed E-state index contributed by atoms with van der Waals surface area (Å²) in [6.45, 7) is 0.935. The van der Waals surface area contributed by atoms with Gasteiger partial charge in [-0.1, -0.05) is 25.3 Å². The van der Waals surface area contributed by atoms with Crippen LogP contribution in [-0.2, 0) is 21.2 Å². The Bertz CT molecular complexity index is 637. The zero-order chi connectivity index (χ0) is 17.0. The van der Waals surface area contributed by atoms with Gasteiger partial charge in [-0.05, 0) is 30.7 Å². The van der Waals surface area contributed by atoms with E-state index in [9.17, 15) is 13.2 Å². The molecule has 24 heavy (non-hydrogen) atoms. The Morgan fingerprint density at radius 1 is 1.25 bits per heavy atom. The molecule has 0 spiro atoms. The van der Waals surface area contributed by atoms with Gasteiger partial charge in [-0.25, -0.2) is 8.42 Å². The number of nitrogens with zero attached hydrogens (tertiary/aromatic N) is 1. The van der Waals surface area contributed by atoms with Crippen molar-refractivity contribution in [1.82, 2.24) is 10.2 Å². The molecule has 0 aromatic carbocycles. The average Bonchev–Trinajstić information content (AvgIpc) is 3.17. The fourth-order valence-electron chi connectivity index (χ4n) is 3.68. The average molecular weight is 371 g/mol. The van der Waals surface area contributed by atoms with Gasteiger partial charge >= 0.3 is 0 Å². The molecule has 1 N–H and O–H groups in total. The molecular formula is C17H26N2O3S2. The SMILES string of the molecule is O=C(CN(Cc1cccs1)C1CCS(=O)(=O)C1)NC1CCCCC1. The van der Waals surface area contributed by atoms with Crippen LogP contribution in [0.1, 0.15) is 43.4 Å². The van der Waals surface area contributed by atoms with Crippen LogP contribution in [0.2, 0.25) is 0 Å². The van der Waals surface area contributed by atoms with Crippen LogP contribution >= 0.6 is 11.3 Å². The maximum atomic E-state index is 12.5. The van der Waals surface area contributed by atoms with Crippen molar-refractivity contribution in [2.45, 2.75) is 57.2 Å². The van der Waals surface area contributed by atoms with Gasteiger partial charge in [0.25, 0.3) is 0 Å². The van der Waals surface area contributed by atoms with Crippen LogP contribution in [0.5, 0.6) is 0 Å². The molecule has 3 rings (SSSR count). The van der Waals surface area contributed by atoms with Gasteiger partial charge in [-0.15, -0.1) is 11.3 Å². The van der Waals surface area contributed by atoms with Crippen molar-refractivity contribution in [3.63, 3.8) is 0 Å². The molecule has 134 valence electrons. The Morgan fingerprint density at radius 2 is 2.04 bits per heavy atom. The Morgan fingerprint density at radius 3 is 2.67 bits per heavy atom. The maximum absolute atomic E-state index is 12.5. The van der Waals surface area contributed by atoms with Crippen molar-refractivity contribution >= 4 is 27.1 Å². The van der Waals surface area contributed by atoms with Gasteiger partial charge in [0.2, 0.25) is 5.91 Å². The monoisotopic (exact) mass is 370 g/mol. The summed E-state index contributed by atoms with van der Waals surface area (Å²) >= 11 is 1.65. The first kappa shape index (κ1) is 17.9. The number of hydrogen-bond donors (Lipinski definition) is 1. The molecule has 2 aliphatic rings. The summed E-state index contributed by atoms with van der Waals surface area (Å²) in [5, 5.41) is 5.16. The molecule has 0 bridgehead atoms. The van der Waals surface area contributed by atoms with Crippen LogP contribution in [-0.4, -0.2) is 49.4 Å². The first-order valence-electron chi connectivity index (χ1n) is 8.78. The number of amides is 1. The molecule has 1 unspecified atom stereocenters. The molecular weight excluding hydrogens is 344 g/mol. The van der Waals surface area contributed by atoms with Crippen molar-refractivity contribution in [1.29, 1.82) is 0 Å². The number of sulfone groups is 1. The van der Waals surface area contributed by atoms with Gasteiger partial charge in [0.1, 0.15) is 0 Å². The van der Waals surface area contributed by atoms with E-state index in [4.69, 9.17) is 0 Å². The predicted molar refractivity (Wildman–Crippen MR) is 96.8 cm³/mol. The van der Waals surface area contributed by atoms with Crippen LogP contribution in [0.15, 0.2) is 17.5 Å². The molecule has 1 saturated heterocycles. The number of hydrogen-bond acceptors (Lipinski definition) is 5. The molecule has 1 aromatic rings. The zero-order valence-electron chi connectivity index (χ0n) is 13.9. The quantitative estimate of drug-likeness (QED) is 0.833. The molecule has 0 radical (unpaired) electrons. The lowest BCUT2D eigenvalue weighted by atomic mass is 9.95. The van der Waals surface area contributed by atoms with Crippen molar-refractivity contribution in [3.05, 3.63) is 22.4 Å². The fraction of sp³-hybridized carbons (Fsp3) is 0.706. The van der Waals surface area contributed by atoms with Crippen molar-refractivity contribution in [2.24, 2.45) is 0 Å². The standard InChI is InChI=1S/C17H26N2O3S2/c20-17(18-14-5-2-1-3-6-14)12-19(11-16-7-4-9-23-16)15-8-10-24(21,22)13-15/h4,7,9,14-15H,1-3,5-6,8,10-13H2,(H,18,20). The second kappa shape index (κ2) is 7.97. The summed E-state index contributed by atoms with van der Waals surface area (Å²) in [5.41, 5.74) is 0. The number of thiophene rings is 1. The summed E-state index contributed by atoms with van der Waals surface area (Å²) in [6, 6.07) is 4.28. The molecule has 1 amide bonds. The summed E-state index contributed by atoms with van der Waals surface area (Å²) in [6.07, 6.45) is 6.39. The Labute approximate surface area is 148 Å². The molecule has 1 aromatic heterocycles. The zero-order valence-corrected chi connectivity index (χ0v) is 15.6. The minimum atomic E-state index is -2.95. The number of carbonyl (C=O) groups is 1. The van der Waals surface area contributed by atoms with Crippen molar-refractivity contribution in [2.75, 3.05) is 18.1 Å². The number of carbonyl (C=O) groups excluding carboxylic acids is 1. The normalized spacial score (nSPS) is 24.3. The second-order valence-electron chi connectivity index (χ2n) is 6.94. The Balaban J connectivity index is 1.61. The van der Waals surface area contributed by atoms with Crippen LogP contribution < -0.4 is 5.32 Å². The maximum Gasteiger partial charge on any atom is 0.234 e. The second-order valence-corrected chi connectivity index (χ2v) is 10.2. The van der Waals surface area contributed by atoms with E-state index in [-0.39, 0.29) is 30.0 Å². The number of nitrogens with one attached hydrogen (secondary N) is 1. The third-order valence-electron chi connectivity index (χ3n) is 4.98. The van der Waals surface area contributed by atoms with E-state index in [0.717, 1.165) is 12.8 Å². The molecule has 1 aliphatic carbocycles. The summed E-state index contributed by atoms with van der Waals surface area (Å²) in [4.78, 5) is 15.7. The first-order chi connectivity index (χ1) is 11.5. The number of rotatable bonds is 6. The highest BCUT2D eigenvalue weighted by Crippen LogP contribution is 2.22. The molecule has 2 fully saturated rings. The third kappa shape index (κ3) is 5.04. The summed E-state index contributed by atoms with van der Waals surface area (Å²) in [7, 11) is -2.95. The van der Waals surface area contributed by atoms with Crippen molar-refractivity contribution in [3.8, 4) is 0 Å². The van der Waals surface area contributed by atoms with Crippen molar-refractivity contribution < 1.29 is 13.2 Å². The van der Waals surface area contributed by atoms with E-state index in [1.54, 1.807) is 11.3 Å². The largest absolute Gasteiger partial charge is 0.352 e. The third-order valence-corrected chi connectivity index (χ3v) is 7.59. The lowest BCUT2D eigenvalue weighted by Gasteiger charge is -2.29. The minimum Gasteiger partial charge on any atom is -0.352 e. The highest BCUT2D eigenvalue weighted by atomic mass is 32.2. The van der Waals surface area contributed by atoms with Gasteiger partial charge in [0.15, 0.2) is 9.84 Å². The predicted octanol–water partition coefficient (Wildman–Crippen LogP) is 2.19. The van der Waals surface area contributed by atoms with Crippen LogP contribution in [0, 0.1) is 0 Å². The van der Waals surface area contributed by atoms with E-state index >= 15 is 0 Å².